The van der Waals surface area contributed by atoms with Gasteiger partial charge in [0.2, 0.25) is 5.91 Å². The molecule has 1 saturated heterocycles. The highest BCUT2D eigenvalue weighted by Crippen LogP contribution is 2.31. The van der Waals surface area contributed by atoms with E-state index in [1.165, 1.54) is 50.2 Å². The lowest BCUT2D eigenvalue weighted by Crippen LogP contribution is -2.51. The van der Waals surface area contributed by atoms with E-state index in [1.54, 1.807) is 18.2 Å². The Balaban J connectivity index is 0.000000169. The normalized spacial score (nSPS) is 18.2. The predicted molar refractivity (Wildman–Crippen MR) is 140 cm³/mol. The number of halogens is 3. The van der Waals surface area contributed by atoms with Gasteiger partial charge in [-0.15, -0.1) is 0 Å². The van der Waals surface area contributed by atoms with E-state index < -0.39 is 11.9 Å². The Morgan fingerprint density at radius 3 is 2.16 bits per heavy atom. The van der Waals surface area contributed by atoms with E-state index in [2.05, 4.69) is 9.88 Å². The number of amides is 1. The van der Waals surface area contributed by atoms with Crippen LogP contribution in [0.25, 0.3) is 10.9 Å². The fourth-order valence-electron chi connectivity index (χ4n) is 4.32. The van der Waals surface area contributed by atoms with Crippen molar-refractivity contribution in [3.63, 3.8) is 0 Å². The third-order valence-electron chi connectivity index (χ3n) is 6.33. The lowest BCUT2D eigenvalue weighted by molar-refractivity contribution is -0.141. The second-order valence-electron chi connectivity index (χ2n) is 9.18. The van der Waals surface area contributed by atoms with Crippen LogP contribution in [0, 0.1) is 0 Å². The summed E-state index contributed by atoms with van der Waals surface area (Å²) in [4.78, 5) is 16.8. The minimum Gasteiger partial charge on any atom is -0.398 e. The highest BCUT2D eigenvalue weighted by molar-refractivity contribution is 5.90. The molecule has 1 aromatic heterocycles. The number of aromatic nitrogens is 1. The first kappa shape index (κ1) is 28.4. The summed E-state index contributed by atoms with van der Waals surface area (Å²) in [7, 11) is 0. The number of benzene rings is 2. The monoisotopic (exact) mass is 516 g/mol. The summed E-state index contributed by atoms with van der Waals surface area (Å²) in [6.07, 6.45) is 4.54. The van der Waals surface area contributed by atoms with Crippen molar-refractivity contribution in [3.05, 3.63) is 71.9 Å². The summed E-state index contributed by atoms with van der Waals surface area (Å²) in [5.74, 6) is -0.310. The van der Waals surface area contributed by atoms with Gasteiger partial charge in [-0.3, -0.25) is 9.69 Å². The molecule has 4 N–H and O–H groups in total. The number of nitrogen functional groups attached to an aromatic ring is 1. The van der Waals surface area contributed by atoms with Gasteiger partial charge in [0.1, 0.15) is 11.7 Å². The maximum absolute atomic E-state index is 12.4. The van der Waals surface area contributed by atoms with Crippen LogP contribution in [0.15, 0.2) is 60.7 Å². The van der Waals surface area contributed by atoms with Gasteiger partial charge in [0, 0.05) is 24.2 Å². The molecule has 1 saturated carbocycles. The van der Waals surface area contributed by atoms with Crippen molar-refractivity contribution in [2.45, 2.75) is 57.3 Å². The molecule has 2 fully saturated rings. The number of nitrogens with two attached hydrogens (primary N) is 2. The van der Waals surface area contributed by atoms with Crippen molar-refractivity contribution in [3.8, 4) is 0 Å². The van der Waals surface area contributed by atoms with Crippen molar-refractivity contribution in [2.75, 3.05) is 25.5 Å². The zero-order valence-electron chi connectivity index (χ0n) is 20.9. The zero-order valence-corrected chi connectivity index (χ0v) is 20.9. The smallest absolute Gasteiger partial charge is 0.398 e. The van der Waals surface area contributed by atoms with Crippen molar-refractivity contribution in [1.29, 1.82) is 0 Å². The van der Waals surface area contributed by atoms with Crippen LogP contribution >= 0.6 is 0 Å². The third kappa shape index (κ3) is 9.02. The zero-order chi connectivity index (χ0) is 26.7. The number of pyridine rings is 1. The van der Waals surface area contributed by atoms with Crippen molar-refractivity contribution >= 4 is 22.5 Å². The Morgan fingerprint density at radius 2 is 1.57 bits per heavy atom. The molecular weight excluding hydrogens is 481 g/mol. The summed E-state index contributed by atoms with van der Waals surface area (Å²) in [5.41, 5.74) is 11.4. The predicted octanol–water partition coefficient (Wildman–Crippen LogP) is 5.55. The molecule has 0 radical (unpaired) electrons. The maximum Gasteiger partial charge on any atom is 0.433 e. The molecule has 37 heavy (non-hydrogen) atoms. The van der Waals surface area contributed by atoms with Gasteiger partial charge in [-0.25, -0.2) is 4.98 Å². The van der Waals surface area contributed by atoms with Crippen LogP contribution in [0.4, 0.5) is 18.9 Å². The molecule has 9 heteroatoms. The lowest BCUT2D eigenvalue weighted by atomic mass is 10.0. The number of nitrogens with zero attached hydrogens (tertiary/aromatic N) is 2. The first-order chi connectivity index (χ1) is 17.8. The number of para-hydroxylation sites is 1. The number of hydrogen-bond donors (Lipinski definition) is 2. The molecule has 2 aliphatic rings. The Bertz CT molecular complexity index is 1110. The second-order valence-corrected chi connectivity index (χ2v) is 9.18. The molecule has 6 nitrogen and oxygen atoms in total. The van der Waals surface area contributed by atoms with Gasteiger partial charge >= 0.3 is 6.18 Å². The number of ether oxygens (including phenoxy) is 1. The molecule has 0 bridgehead atoms. The number of anilines is 1. The number of primary amides is 1. The number of carbonyl (C=O) groups excluding carboxylic acids is 1. The first-order valence-electron chi connectivity index (χ1n) is 12.6. The van der Waals surface area contributed by atoms with Gasteiger partial charge in [-0.1, -0.05) is 87.1 Å². The first-order valence-corrected chi connectivity index (χ1v) is 12.6. The average molecular weight is 517 g/mol. The van der Waals surface area contributed by atoms with E-state index >= 15 is 0 Å². The van der Waals surface area contributed by atoms with Gasteiger partial charge in [0.25, 0.3) is 0 Å². The second kappa shape index (κ2) is 13.9. The van der Waals surface area contributed by atoms with Crippen LogP contribution in [-0.2, 0) is 22.3 Å². The molecule has 0 spiro atoms. The molecule has 1 amide bonds. The third-order valence-corrected chi connectivity index (χ3v) is 6.33. The SMILES string of the molecule is C1CCCCC1.NC(=O)C1COCCN1Cc1ccccc1.Nc1cc(C(F)(F)F)nc2ccccc12. The van der Waals surface area contributed by atoms with Crippen LogP contribution in [0.3, 0.4) is 0 Å². The summed E-state index contributed by atoms with van der Waals surface area (Å²) in [6.45, 7) is 2.57. The number of fused-ring (bicyclic) bond motifs is 1. The van der Waals surface area contributed by atoms with Crippen LogP contribution < -0.4 is 11.5 Å². The number of alkyl halides is 3. The van der Waals surface area contributed by atoms with Gasteiger partial charge in [0.05, 0.1) is 18.7 Å². The van der Waals surface area contributed by atoms with Gasteiger partial charge < -0.3 is 16.2 Å². The molecule has 200 valence electrons. The molecule has 1 atom stereocenters. The Kier molecular flexibility index (Phi) is 10.7. The van der Waals surface area contributed by atoms with Gasteiger partial charge in [-0.2, -0.15) is 13.2 Å². The van der Waals surface area contributed by atoms with E-state index in [9.17, 15) is 18.0 Å². The highest BCUT2D eigenvalue weighted by atomic mass is 19.4. The highest BCUT2D eigenvalue weighted by Gasteiger charge is 2.33. The average Bonchev–Trinajstić information content (AvgIpc) is 2.91. The van der Waals surface area contributed by atoms with Gasteiger partial charge in [-0.05, 0) is 17.7 Å². The molecule has 1 aliphatic heterocycles. The number of hydrogen-bond acceptors (Lipinski definition) is 5. The topological polar surface area (TPSA) is 94.5 Å². The molecular formula is C28H35F3N4O2. The quantitative estimate of drug-likeness (QED) is 0.476. The minimum absolute atomic E-state index is 0.0907. The van der Waals surface area contributed by atoms with Crippen LogP contribution in [0.5, 0.6) is 0 Å². The summed E-state index contributed by atoms with van der Waals surface area (Å²) < 4.78 is 42.4. The van der Waals surface area contributed by atoms with E-state index in [0.29, 0.717) is 18.6 Å². The van der Waals surface area contributed by atoms with Crippen LogP contribution in [0.2, 0.25) is 0 Å². The van der Waals surface area contributed by atoms with Crippen LogP contribution in [0.1, 0.15) is 49.8 Å². The fraction of sp³-hybridized carbons (Fsp3) is 0.429. The van der Waals surface area contributed by atoms with E-state index in [1.807, 2.05) is 30.3 Å². The standard InChI is InChI=1S/C12H16N2O2.C10H7F3N2.C6H12/c13-12(15)11-9-16-7-6-14(11)8-10-4-2-1-3-5-10;11-10(12,13)9-5-7(14)6-3-1-2-4-8(6)15-9;1-2-4-6-5-3-1/h1-5,11H,6-9H2,(H2,13,15);1-5H,(H2,14,15);1-6H2. The van der Waals surface area contributed by atoms with E-state index in [4.69, 9.17) is 16.2 Å². The minimum atomic E-state index is -4.46. The number of morpholine rings is 1. The van der Waals surface area contributed by atoms with Crippen LogP contribution in [-0.4, -0.2) is 41.6 Å². The molecule has 2 heterocycles. The summed E-state index contributed by atoms with van der Waals surface area (Å²) in [5, 5.41) is 0.533. The van der Waals surface area contributed by atoms with Crippen molar-refractivity contribution in [1.82, 2.24) is 9.88 Å². The number of carbonyl (C=O) groups is 1. The Labute approximate surface area is 215 Å². The molecule has 3 aromatic rings. The Hall–Kier alpha value is -3.17. The van der Waals surface area contributed by atoms with Crippen molar-refractivity contribution in [2.24, 2.45) is 5.73 Å². The Morgan fingerprint density at radius 1 is 0.973 bits per heavy atom. The number of rotatable bonds is 3. The summed E-state index contributed by atoms with van der Waals surface area (Å²) >= 11 is 0. The fourth-order valence-corrected chi connectivity index (χ4v) is 4.32. The molecule has 1 aliphatic carbocycles. The van der Waals surface area contributed by atoms with E-state index in [-0.39, 0.29) is 23.2 Å². The lowest BCUT2D eigenvalue weighted by Gasteiger charge is -2.33. The largest absolute Gasteiger partial charge is 0.433 e. The molecule has 1 unspecified atom stereocenters. The summed E-state index contributed by atoms with van der Waals surface area (Å²) in [6, 6.07) is 17.1. The maximum atomic E-state index is 12.4. The van der Waals surface area contributed by atoms with Gasteiger partial charge in [0.15, 0.2) is 0 Å². The molecule has 5 rings (SSSR count). The molecule has 2 aromatic carbocycles. The van der Waals surface area contributed by atoms with E-state index in [0.717, 1.165) is 19.2 Å². The van der Waals surface area contributed by atoms with Crippen molar-refractivity contribution < 1.29 is 22.7 Å².